The number of phenolic OH excluding ortho intramolecular Hbond substituents is 1. The third-order valence-corrected chi connectivity index (χ3v) is 5.26. The highest BCUT2D eigenvalue weighted by Crippen LogP contribution is 2.55. The zero-order chi connectivity index (χ0) is 17.3. The van der Waals surface area contributed by atoms with Crippen molar-refractivity contribution in [3.8, 4) is 23.0 Å². The van der Waals surface area contributed by atoms with Gasteiger partial charge in [0.1, 0.15) is 35.7 Å². The quantitative estimate of drug-likeness (QED) is 0.783. The number of aromatic hydroxyl groups is 1. The Morgan fingerprint density at radius 1 is 1.16 bits per heavy atom. The van der Waals surface area contributed by atoms with Gasteiger partial charge in [0.25, 0.3) is 0 Å². The van der Waals surface area contributed by atoms with Gasteiger partial charge in [0.05, 0.1) is 0 Å². The Kier molecular flexibility index (Phi) is 2.76. The van der Waals surface area contributed by atoms with Gasteiger partial charge in [-0.15, -0.1) is 0 Å². The van der Waals surface area contributed by atoms with Gasteiger partial charge in [-0.1, -0.05) is 6.58 Å². The lowest BCUT2D eigenvalue weighted by Gasteiger charge is -2.35. The van der Waals surface area contributed by atoms with Gasteiger partial charge in [0, 0.05) is 29.7 Å². The van der Waals surface area contributed by atoms with Crippen LogP contribution in [0.3, 0.4) is 0 Å². The summed E-state index contributed by atoms with van der Waals surface area (Å²) in [5.74, 6) is 2.05. The summed E-state index contributed by atoms with van der Waals surface area (Å²) in [6.45, 7) is 6.01. The highest BCUT2D eigenvalue weighted by atomic mass is 16.5. The van der Waals surface area contributed by atoms with E-state index in [1.807, 2.05) is 19.1 Å². The van der Waals surface area contributed by atoms with Crippen molar-refractivity contribution < 1.29 is 24.4 Å². The minimum absolute atomic E-state index is 0.0311. The fraction of sp³-hybridized carbons (Fsp3) is 0.300. The lowest BCUT2D eigenvalue weighted by molar-refractivity contribution is -0.0864. The SMILES string of the molecule is C=C(C)[C@@H]1Cc2cc3c(cc2O1)OC[C@]1(O)c2ccc(O)cc2O[C@@H]31. The molecule has 128 valence electrons. The first-order valence-electron chi connectivity index (χ1n) is 8.30. The lowest BCUT2D eigenvalue weighted by atomic mass is 9.84. The first-order valence-corrected chi connectivity index (χ1v) is 8.30. The molecule has 3 heterocycles. The van der Waals surface area contributed by atoms with Crippen molar-refractivity contribution in [3.63, 3.8) is 0 Å². The Morgan fingerprint density at radius 2 is 2.00 bits per heavy atom. The Bertz CT molecular complexity index is 919. The molecule has 3 atom stereocenters. The smallest absolute Gasteiger partial charge is 0.168 e. The first-order chi connectivity index (χ1) is 12.0. The summed E-state index contributed by atoms with van der Waals surface area (Å²) in [5.41, 5.74) is 2.21. The number of benzene rings is 2. The summed E-state index contributed by atoms with van der Waals surface area (Å²) in [7, 11) is 0. The minimum atomic E-state index is -1.27. The Labute approximate surface area is 145 Å². The molecule has 5 nitrogen and oxygen atoms in total. The van der Waals surface area contributed by atoms with Gasteiger partial charge in [-0.05, 0) is 36.3 Å². The molecule has 3 aliphatic rings. The van der Waals surface area contributed by atoms with Crippen LogP contribution in [-0.2, 0) is 12.0 Å². The molecule has 5 heteroatoms. The average Bonchev–Trinajstić information content (AvgIpc) is 3.11. The Balaban J connectivity index is 1.59. The molecule has 25 heavy (non-hydrogen) atoms. The van der Waals surface area contributed by atoms with Gasteiger partial charge in [-0.3, -0.25) is 0 Å². The molecule has 5 rings (SSSR count). The molecular weight excluding hydrogens is 320 g/mol. The van der Waals surface area contributed by atoms with Crippen LogP contribution in [-0.4, -0.2) is 22.9 Å². The second-order valence-electron chi connectivity index (χ2n) is 7.05. The standard InChI is InChI=1S/C20H18O5/c1-10(2)15-6-11-5-13-17(8-16(11)24-15)23-9-20(22)14-4-3-12(21)7-18(14)25-19(13)20/h3-5,7-8,15,19,21-22H,1,6,9H2,2H3/t15-,19-,20-/m0/s1. The molecule has 0 unspecified atom stereocenters. The molecule has 2 aromatic rings. The molecule has 0 saturated heterocycles. The zero-order valence-corrected chi connectivity index (χ0v) is 13.8. The largest absolute Gasteiger partial charge is 0.508 e. The first kappa shape index (κ1) is 14.7. The zero-order valence-electron chi connectivity index (χ0n) is 13.8. The van der Waals surface area contributed by atoms with Crippen LogP contribution >= 0.6 is 0 Å². The normalized spacial score (nSPS) is 27.9. The monoisotopic (exact) mass is 338 g/mol. The van der Waals surface area contributed by atoms with E-state index in [1.54, 1.807) is 12.1 Å². The maximum atomic E-state index is 11.2. The topological polar surface area (TPSA) is 68.2 Å². The van der Waals surface area contributed by atoms with E-state index in [4.69, 9.17) is 14.2 Å². The molecule has 0 spiro atoms. The second-order valence-corrected chi connectivity index (χ2v) is 7.05. The summed E-state index contributed by atoms with van der Waals surface area (Å²) in [4.78, 5) is 0. The van der Waals surface area contributed by atoms with Crippen molar-refractivity contribution in [2.24, 2.45) is 0 Å². The molecule has 0 aliphatic carbocycles. The van der Waals surface area contributed by atoms with Gasteiger partial charge in [-0.25, -0.2) is 0 Å². The van der Waals surface area contributed by atoms with Gasteiger partial charge in [0.2, 0.25) is 0 Å². The molecule has 0 amide bonds. The Hall–Kier alpha value is -2.66. The van der Waals surface area contributed by atoms with Crippen molar-refractivity contribution in [3.05, 3.63) is 59.2 Å². The number of hydrogen-bond donors (Lipinski definition) is 2. The number of phenols is 1. The summed E-state index contributed by atoms with van der Waals surface area (Å²) in [6, 6.07) is 8.63. The van der Waals surface area contributed by atoms with Crippen LogP contribution < -0.4 is 14.2 Å². The van der Waals surface area contributed by atoms with Gasteiger partial charge >= 0.3 is 0 Å². The van der Waals surface area contributed by atoms with Crippen LogP contribution in [0.2, 0.25) is 0 Å². The van der Waals surface area contributed by atoms with Gasteiger partial charge in [-0.2, -0.15) is 0 Å². The molecular formula is C20H18O5. The molecule has 2 aromatic carbocycles. The van der Waals surface area contributed by atoms with Gasteiger partial charge < -0.3 is 24.4 Å². The van der Waals surface area contributed by atoms with Crippen LogP contribution in [0.25, 0.3) is 0 Å². The van der Waals surface area contributed by atoms with Crippen molar-refractivity contribution in [2.75, 3.05) is 6.61 Å². The van der Waals surface area contributed by atoms with E-state index in [-0.39, 0.29) is 18.5 Å². The van der Waals surface area contributed by atoms with Gasteiger partial charge in [0.15, 0.2) is 11.7 Å². The predicted molar refractivity (Wildman–Crippen MR) is 90.2 cm³/mol. The molecule has 0 radical (unpaired) electrons. The van der Waals surface area contributed by atoms with Crippen molar-refractivity contribution >= 4 is 0 Å². The third-order valence-electron chi connectivity index (χ3n) is 5.26. The van der Waals surface area contributed by atoms with E-state index >= 15 is 0 Å². The summed E-state index contributed by atoms with van der Waals surface area (Å²) in [5, 5.41) is 20.9. The fourth-order valence-electron chi connectivity index (χ4n) is 3.89. The number of rotatable bonds is 1. The molecule has 0 saturated carbocycles. The van der Waals surface area contributed by atoms with E-state index in [2.05, 4.69) is 6.58 Å². The Morgan fingerprint density at radius 3 is 2.80 bits per heavy atom. The molecule has 3 aliphatic heterocycles. The molecule has 0 bridgehead atoms. The minimum Gasteiger partial charge on any atom is -0.508 e. The van der Waals surface area contributed by atoms with Crippen LogP contribution in [0.5, 0.6) is 23.0 Å². The van der Waals surface area contributed by atoms with E-state index in [0.717, 1.165) is 28.9 Å². The van der Waals surface area contributed by atoms with E-state index in [9.17, 15) is 10.2 Å². The maximum absolute atomic E-state index is 11.2. The molecule has 2 N–H and O–H groups in total. The van der Waals surface area contributed by atoms with Crippen molar-refractivity contribution in [1.82, 2.24) is 0 Å². The second kappa shape index (κ2) is 4.70. The molecule has 0 fully saturated rings. The van der Waals surface area contributed by atoms with Crippen LogP contribution in [0.15, 0.2) is 42.5 Å². The van der Waals surface area contributed by atoms with Crippen LogP contribution in [0, 0.1) is 0 Å². The highest BCUT2D eigenvalue weighted by Gasteiger charge is 2.53. The number of ether oxygens (including phenoxy) is 3. The summed E-state index contributed by atoms with van der Waals surface area (Å²) >= 11 is 0. The lowest BCUT2D eigenvalue weighted by Crippen LogP contribution is -2.41. The third kappa shape index (κ3) is 1.93. The highest BCUT2D eigenvalue weighted by molar-refractivity contribution is 5.56. The fourth-order valence-corrected chi connectivity index (χ4v) is 3.89. The van der Waals surface area contributed by atoms with Crippen LogP contribution in [0.4, 0.5) is 0 Å². The average molecular weight is 338 g/mol. The molecule has 0 aromatic heterocycles. The van der Waals surface area contributed by atoms with Crippen LogP contribution in [0.1, 0.15) is 29.7 Å². The van der Waals surface area contributed by atoms with Crippen molar-refractivity contribution in [2.45, 2.75) is 31.2 Å². The summed E-state index contributed by atoms with van der Waals surface area (Å²) in [6.07, 6.45) is 0.148. The van der Waals surface area contributed by atoms with E-state index in [0.29, 0.717) is 17.1 Å². The number of aliphatic hydroxyl groups is 1. The predicted octanol–water partition coefficient (Wildman–Crippen LogP) is 2.99. The van der Waals surface area contributed by atoms with E-state index < -0.39 is 11.7 Å². The number of hydrogen-bond acceptors (Lipinski definition) is 5. The number of fused-ring (bicyclic) bond motifs is 6. The maximum Gasteiger partial charge on any atom is 0.168 e. The van der Waals surface area contributed by atoms with E-state index in [1.165, 1.54) is 6.07 Å². The van der Waals surface area contributed by atoms with Crippen molar-refractivity contribution in [1.29, 1.82) is 0 Å². The summed E-state index contributed by atoms with van der Waals surface area (Å²) < 4.78 is 17.8.